The van der Waals surface area contributed by atoms with E-state index in [0.29, 0.717) is 16.4 Å². The van der Waals surface area contributed by atoms with Gasteiger partial charge < -0.3 is 0 Å². The Hall–Kier alpha value is -0.630. The van der Waals surface area contributed by atoms with Crippen molar-refractivity contribution in [2.75, 3.05) is 0 Å². The van der Waals surface area contributed by atoms with E-state index in [0.717, 1.165) is 30.5 Å². The van der Waals surface area contributed by atoms with Crippen LogP contribution >= 0.6 is 11.6 Å². The van der Waals surface area contributed by atoms with Gasteiger partial charge in [0.25, 0.3) is 0 Å². The van der Waals surface area contributed by atoms with Crippen LogP contribution in [0.3, 0.4) is 0 Å². The van der Waals surface area contributed by atoms with Crippen LogP contribution in [0.25, 0.3) is 0 Å². The molecule has 0 fully saturated rings. The smallest absolute Gasteiger partial charge is 0.136 e. The van der Waals surface area contributed by atoms with E-state index in [9.17, 15) is 0 Å². The van der Waals surface area contributed by atoms with E-state index in [4.69, 9.17) is 11.6 Å². The topological polar surface area (TPSA) is 25.8 Å². The molecule has 2 rings (SSSR count). The lowest BCUT2D eigenvalue weighted by Crippen LogP contribution is -2.24. The van der Waals surface area contributed by atoms with Gasteiger partial charge >= 0.3 is 0 Å². The maximum absolute atomic E-state index is 6.08. The molecule has 1 aliphatic carbocycles. The number of aromatic nitrogens is 2. The Labute approximate surface area is 89.7 Å². The van der Waals surface area contributed by atoms with Crippen molar-refractivity contribution in [3.8, 4) is 0 Å². The molecule has 1 radical (unpaired) electrons. The molecule has 2 nitrogen and oxygen atoms in total. The van der Waals surface area contributed by atoms with Gasteiger partial charge in [-0.25, -0.2) is 9.97 Å². The van der Waals surface area contributed by atoms with E-state index in [-0.39, 0.29) is 0 Å². The van der Waals surface area contributed by atoms with E-state index < -0.39 is 0 Å². The van der Waals surface area contributed by atoms with Crippen molar-refractivity contribution >= 4 is 11.6 Å². The lowest BCUT2D eigenvalue weighted by molar-refractivity contribution is 0.311. The highest BCUT2D eigenvalue weighted by Crippen LogP contribution is 2.36. The second kappa shape index (κ2) is 3.20. The van der Waals surface area contributed by atoms with Crippen molar-refractivity contribution in [2.24, 2.45) is 5.41 Å². The van der Waals surface area contributed by atoms with Crippen LogP contribution in [0.1, 0.15) is 37.4 Å². The van der Waals surface area contributed by atoms with Gasteiger partial charge in [0.05, 0.1) is 0 Å². The van der Waals surface area contributed by atoms with Crippen LogP contribution in [0.2, 0.25) is 5.15 Å². The molecule has 0 amide bonds. The van der Waals surface area contributed by atoms with Crippen LogP contribution in [0.4, 0.5) is 0 Å². The van der Waals surface area contributed by atoms with Crippen LogP contribution < -0.4 is 0 Å². The first-order chi connectivity index (χ1) is 6.48. The lowest BCUT2D eigenvalue weighted by Gasteiger charge is -2.30. The van der Waals surface area contributed by atoms with Crippen LogP contribution in [0.15, 0.2) is 0 Å². The average Bonchev–Trinajstić information content (AvgIpc) is 2.06. The summed E-state index contributed by atoms with van der Waals surface area (Å²) in [7, 11) is 0. The molecule has 1 heterocycles. The van der Waals surface area contributed by atoms with Crippen molar-refractivity contribution in [2.45, 2.75) is 33.1 Å². The highest BCUT2D eigenvalue weighted by Gasteiger charge is 2.28. The minimum absolute atomic E-state index is 0.322. The van der Waals surface area contributed by atoms with E-state index in [1.54, 1.807) is 0 Å². The minimum Gasteiger partial charge on any atom is -0.238 e. The summed E-state index contributed by atoms with van der Waals surface area (Å²) < 4.78 is 0. The number of nitrogens with zero attached hydrogens (tertiary/aromatic N) is 2. The van der Waals surface area contributed by atoms with Gasteiger partial charge in [-0.2, -0.15) is 0 Å². The van der Waals surface area contributed by atoms with Crippen LogP contribution in [-0.2, 0) is 12.8 Å². The van der Waals surface area contributed by atoms with E-state index >= 15 is 0 Å². The van der Waals surface area contributed by atoms with Crippen molar-refractivity contribution in [1.29, 1.82) is 0 Å². The van der Waals surface area contributed by atoms with Gasteiger partial charge in [-0.1, -0.05) is 25.4 Å². The van der Waals surface area contributed by atoms with Crippen molar-refractivity contribution < 1.29 is 0 Å². The summed E-state index contributed by atoms with van der Waals surface area (Å²) in [6.07, 6.45) is 3.13. The molecule has 0 aliphatic heterocycles. The molecule has 3 heteroatoms. The molecule has 0 aromatic carbocycles. The van der Waals surface area contributed by atoms with E-state index in [1.807, 2.05) is 0 Å². The normalized spacial score (nSPS) is 19.1. The van der Waals surface area contributed by atoms with Gasteiger partial charge in [0.1, 0.15) is 11.0 Å². The third-order valence-corrected chi connectivity index (χ3v) is 3.10. The number of rotatable bonds is 0. The Morgan fingerprint density at radius 1 is 1.36 bits per heavy atom. The summed E-state index contributed by atoms with van der Waals surface area (Å²) in [6, 6.07) is 0. The molecule has 0 unspecified atom stereocenters. The molecule has 14 heavy (non-hydrogen) atoms. The molecular formula is C11H14ClN2. The van der Waals surface area contributed by atoms with Gasteiger partial charge in [0.15, 0.2) is 0 Å². The SMILES string of the molecule is [CH2]c1nc(Cl)c2c(n1)CCC(C)(C)C2. The Balaban J connectivity index is 2.47. The molecule has 0 spiro atoms. The predicted octanol–water partition coefficient (Wildman–Crippen LogP) is 2.83. The highest BCUT2D eigenvalue weighted by molar-refractivity contribution is 6.30. The lowest BCUT2D eigenvalue weighted by atomic mass is 9.76. The number of aryl methyl sites for hydroxylation is 1. The fourth-order valence-corrected chi connectivity index (χ4v) is 2.23. The fraction of sp³-hybridized carbons (Fsp3) is 0.545. The molecule has 1 aliphatic rings. The minimum atomic E-state index is 0.322. The van der Waals surface area contributed by atoms with Gasteiger partial charge in [-0.3, -0.25) is 0 Å². The molecule has 0 N–H and O–H groups in total. The zero-order valence-electron chi connectivity index (χ0n) is 8.60. The summed E-state index contributed by atoms with van der Waals surface area (Å²) in [6.45, 7) is 8.23. The van der Waals surface area contributed by atoms with Gasteiger partial charge in [-0.15, -0.1) is 0 Å². The Morgan fingerprint density at radius 3 is 2.79 bits per heavy atom. The largest absolute Gasteiger partial charge is 0.238 e. The van der Waals surface area contributed by atoms with Gasteiger partial charge in [-0.05, 0) is 24.7 Å². The highest BCUT2D eigenvalue weighted by atomic mass is 35.5. The molecule has 1 aromatic rings. The predicted molar refractivity (Wildman–Crippen MR) is 57.3 cm³/mol. The molecular weight excluding hydrogens is 196 g/mol. The maximum Gasteiger partial charge on any atom is 0.136 e. The summed E-state index contributed by atoms with van der Waals surface area (Å²) >= 11 is 6.08. The number of halogens is 1. The Morgan fingerprint density at radius 2 is 2.07 bits per heavy atom. The summed E-state index contributed by atoms with van der Waals surface area (Å²) in [5.41, 5.74) is 2.53. The second-order valence-electron chi connectivity index (χ2n) is 4.70. The first-order valence-corrected chi connectivity index (χ1v) is 5.23. The van der Waals surface area contributed by atoms with E-state index in [1.165, 1.54) is 0 Å². The Bertz CT molecular complexity index is 372. The molecule has 0 saturated carbocycles. The van der Waals surface area contributed by atoms with Gasteiger partial charge in [0.2, 0.25) is 0 Å². The zero-order chi connectivity index (χ0) is 10.3. The monoisotopic (exact) mass is 209 g/mol. The van der Waals surface area contributed by atoms with E-state index in [2.05, 4.69) is 30.7 Å². The summed E-state index contributed by atoms with van der Waals surface area (Å²) in [4.78, 5) is 8.43. The van der Waals surface area contributed by atoms with Crippen molar-refractivity contribution in [1.82, 2.24) is 9.97 Å². The first-order valence-electron chi connectivity index (χ1n) is 4.85. The fourth-order valence-electron chi connectivity index (χ4n) is 1.95. The number of hydrogen-bond acceptors (Lipinski definition) is 2. The van der Waals surface area contributed by atoms with Crippen LogP contribution in [0, 0.1) is 12.3 Å². The number of fused-ring (bicyclic) bond motifs is 1. The quantitative estimate of drug-likeness (QED) is 0.614. The summed E-state index contributed by atoms with van der Waals surface area (Å²) in [5.74, 6) is 0.536. The van der Waals surface area contributed by atoms with Gasteiger partial charge in [0, 0.05) is 18.2 Å². The third kappa shape index (κ3) is 1.76. The molecule has 0 saturated heterocycles. The van der Waals surface area contributed by atoms with Crippen LogP contribution in [-0.4, -0.2) is 9.97 Å². The van der Waals surface area contributed by atoms with Crippen molar-refractivity contribution in [3.05, 3.63) is 29.2 Å². The van der Waals surface area contributed by atoms with Crippen LogP contribution in [0.5, 0.6) is 0 Å². The number of hydrogen-bond donors (Lipinski definition) is 0. The Kier molecular flexibility index (Phi) is 2.26. The molecule has 0 bridgehead atoms. The summed E-state index contributed by atoms with van der Waals surface area (Å²) in [5, 5.41) is 0.591. The maximum atomic E-state index is 6.08. The average molecular weight is 210 g/mol. The molecule has 75 valence electrons. The second-order valence-corrected chi connectivity index (χ2v) is 5.05. The molecule has 1 aromatic heterocycles. The first kappa shape index (κ1) is 9.91. The zero-order valence-corrected chi connectivity index (χ0v) is 9.36. The standard InChI is InChI=1S/C11H14ClN2/c1-7-13-9-4-5-11(2,3)6-8(9)10(12)14-7/h1,4-6H2,2-3H3. The molecule has 0 atom stereocenters. The third-order valence-electron chi connectivity index (χ3n) is 2.78. The van der Waals surface area contributed by atoms with Crippen molar-refractivity contribution in [3.63, 3.8) is 0 Å².